The zero-order valence-electron chi connectivity index (χ0n) is 9.37. The summed E-state index contributed by atoms with van der Waals surface area (Å²) in [5.41, 5.74) is -0.416. The maximum Gasteiger partial charge on any atom is 0.420 e. The lowest BCUT2D eigenvalue weighted by Gasteiger charge is -2.18. The highest BCUT2D eigenvalue weighted by molar-refractivity contribution is 6.31. The van der Waals surface area contributed by atoms with Crippen LogP contribution in [0, 0.1) is 0 Å². The molecule has 0 unspecified atom stereocenters. The number of aromatic nitrogens is 2. The van der Waals surface area contributed by atoms with Gasteiger partial charge in [-0.05, 0) is 14.1 Å². The van der Waals surface area contributed by atoms with E-state index in [4.69, 9.17) is 11.6 Å². The molecule has 0 aliphatic heterocycles. The van der Waals surface area contributed by atoms with E-state index in [1.165, 1.54) is 0 Å². The molecule has 0 fully saturated rings. The fraction of sp³-hybridized carbons (Fsp3) is 0.667. The standard InChI is InChI=1S/C9H13ClF3N3O/c1-15(2)3-4-16-7(6(10)5-14-16)8(17)9(11,12)13/h5,8,17H,3-4H2,1-2H3/t8-/m0/s1. The molecule has 0 bridgehead atoms. The number of rotatable bonds is 4. The second-order valence-electron chi connectivity index (χ2n) is 3.85. The molecule has 0 radical (unpaired) electrons. The van der Waals surface area contributed by atoms with E-state index in [1.807, 2.05) is 0 Å². The van der Waals surface area contributed by atoms with Crippen molar-refractivity contribution >= 4 is 11.6 Å². The number of aliphatic hydroxyl groups excluding tert-OH is 1. The van der Waals surface area contributed by atoms with Crippen LogP contribution < -0.4 is 0 Å². The Hall–Kier alpha value is -0.790. The van der Waals surface area contributed by atoms with Crippen molar-refractivity contribution in [2.45, 2.75) is 18.8 Å². The Morgan fingerprint density at radius 3 is 2.59 bits per heavy atom. The van der Waals surface area contributed by atoms with Gasteiger partial charge in [0.15, 0.2) is 6.10 Å². The van der Waals surface area contributed by atoms with E-state index in [0.717, 1.165) is 10.9 Å². The van der Waals surface area contributed by atoms with Gasteiger partial charge in [-0.3, -0.25) is 4.68 Å². The monoisotopic (exact) mass is 271 g/mol. The van der Waals surface area contributed by atoms with E-state index >= 15 is 0 Å². The SMILES string of the molecule is CN(C)CCn1ncc(Cl)c1[C@H](O)C(F)(F)F. The minimum Gasteiger partial charge on any atom is -0.378 e. The van der Waals surface area contributed by atoms with Gasteiger partial charge in [-0.2, -0.15) is 18.3 Å². The number of nitrogens with zero attached hydrogens (tertiary/aromatic N) is 3. The topological polar surface area (TPSA) is 41.3 Å². The van der Waals surface area contributed by atoms with Crippen LogP contribution in [0.4, 0.5) is 13.2 Å². The normalized spacial score (nSPS) is 14.4. The van der Waals surface area contributed by atoms with Crippen molar-refractivity contribution in [3.8, 4) is 0 Å². The molecule has 0 spiro atoms. The van der Waals surface area contributed by atoms with Crippen molar-refractivity contribution in [1.82, 2.24) is 14.7 Å². The number of halogens is 4. The van der Waals surface area contributed by atoms with E-state index in [9.17, 15) is 18.3 Å². The Kier molecular flexibility index (Phi) is 4.40. The van der Waals surface area contributed by atoms with Crippen LogP contribution in [-0.2, 0) is 6.54 Å². The van der Waals surface area contributed by atoms with Crippen molar-refractivity contribution < 1.29 is 18.3 Å². The smallest absolute Gasteiger partial charge is 0.378 e. The van der Waals surface area contributed by atoms with Gasteiger partial charge in [-0.25, -0.2) is 0 Å². The molecule has 0 amide bonds. The summed E-state index contributed by atoms with van der Waals surface area (Å²) in [5.74, 6) is 0. The number of likely N-dealkylation sites (N-methyl/N-ethyl adjacent to an activating group) is 1. The van der Waals surface area contributed by atoms with Crippen molar-refractivity contribution in [2.75, 3.05) is 20.6 Å². The number of aliphatic hydroxyl groups is 1. The van der Waals surface area contributed by atoms with E-state index in [2.05, 4.69) is 5.10 Å². The molecule has 8 heteroatoms. The first-order chi connectivity index (χ1) is 7.73. The van der Waals surface area contributed by atoms with Gasteiger partial charge in [0.1, 0.15) is 0 Å². The van der Waals surface area contributed by atoms with Gasteiger partial charge in [0.2, 0.25) is 0 Å². The van der Waals surface area contributed by atoms with E-state index in [-0.39, 0.29) is 11.6 Å². The maximum atomic E-state index is 12.4. The minimum absolute atomic E-state index is 0.186. The third kappa shape index (κ3) is 3.58. The van der Waals surface area contributed by atoms with Gasteiger partial charge < -0.3 is 10.0 Å². The third-order valence-electron chi connectivity index (χ3n) is 2.16. The Morgan fingerprint density at radius 1 is 1.53 bits per heavy atom. The molecule has 1 atom stereocenters. The van der Waals surface area contributed by atoms with Crippen LogP contribution in [0.15, 0.2) is 6.20 Å². The lowest BCUT2D eigenvalue weighted by Crippen LogP contribution is -2.26. The molecule has 1 heterocycles. The van der Waals surface area contributed by atoms with Crippen LogP contribution in [0.25, 0.3) is 0 Å². The summed E-state index contributed by atoms with van der Waals surface area (Å²) >= 11 is 5.60. The van der Waals surface area contributed by atoms with Crippen LogP contribution in [0.3, 0.4) is 0 Å². The molecule has 17 heavy (non-hydrogen) atoms. The van der Waals surface area contributed by atoms with Crippen molar-refractivity contribution in [1.29, 1.82) is 0 Å². The van der Waals surface area contributed by atoms with Gasteiger partial charge in [-0.1, -0.05) is 11.6 Å². The first kappa shape index (κ1) is 14.3. The molecule has 0 saturated heterocycles. The second-order valence-corrected chi connectivity index (χ2v) is 4.26. The summed E-state index contributed by atoms with van der Waals surface area (Å²) in [4.78, 5) is 1.79. The molecule has 98 valence electrons. The van der Waals surface area contributed by atoms with Crippen LogP contribution in [0.2, 0.25) is 5.02 Å². The number of alkyl halides is 3. The third-order valence-corrected chi connectivity index (χ3v) is 2.45. The lowest BCUT2D eigenvalue weighted by molar-refractivity contribution is -0.208. The molecule has 1 aromatic rings. The minimum atomic E-state index is -4.75. The molecule has 0 aliphatic rings. The second kappa shape index (κ2) is 5.24. The summed E-state index contributed by atoms with van der Waals surface area (Å²) in [6.45, 7) is 0.720. The van der Waals surface area contributed by atoms with Crippen LogP contribution >= 0.6 is 11.6 Å². The predicted octanol–water partition coefficient (Wildman–Crippen LogP) is 1.69. The zero-order chi connectivity index (χ0) is 13.2. The van der Waals surface area contributed by atoms with Gasteiger partial charge in [0.05, 0.1) is 23.5 Å². The predicted molar refractivity (Wildman–Crippen MR) is 56.8 cm³/mol. The van der Waals surface area contributed by atoms with Crippen LogP contribution in [0.1, 0.15) is 11.8 Å². The van der Waals surface area contributed by atoms with Gasteiger partial charge in [0.25, 0.3) is 0 Å². The highest BCUT2D eigenvalue weighted by Crippen LogP contribution is 2.35. The fourth-order valence-electron chi connectivity index (χ4n) is 1.27. The molecule has 0 aliphatic carbocycles. The van der Waals surface area contributed by atoms with Crippen molar-refractivity contribution in [3.63, 3.8) is 0 Å². The van der Waals surface area contributed by atoms with Gasteiger partial charge in [-0.15, -0.1) is 0 Å². The molecule has 1 rings (SSSR count). The van der Waals surface area contributed by atoms with Crippen LogP contribution in [0.5, 0.6) is 0 Å². The average molecular weight is 272 g/mol. The molecule has 1 N–H and O–H groups in total. The molecule has 1 aromatic heterocycles. The fourth-order valence-corrected chi connectivity index (χ4v) is 1.52. The van der Waals surface area contributed by atoms with Crippen molar-refractivity contribution in [2.24, 2.45) is 0 Å². The van der Waals surface area contributed by atoms with Crippen LogP contribution in [-0.4, -0.2) is 46.6 Å². The molecule has 4 nitrogen and oxygen atoms in total. The molecular formula is C9H13ClF3N3O. The molecule has 0 aromatic carbocycles. The summed E-state index contributed by atoms with van der Waals surface area (Å²) in [6.07, 6.45) is -6.26. The Morgan fingerprint density at radius 2 is 2.12 bits per heavy atom. The zero-order valence-corrected chi connectivity index (χ0v) is 10.1. The first-order valence-electron chi connectivity index (χ1n) is 4.84. The molecule has 0 saturated carbocycles. The largest absolute Gasteiger partial charge is 0.420 e. The van der Waals surface area contributed by atoms with E-state index < -0.39 is 18.0 Å². The van der Waals surface area contributed by atoms with Crippen molar-refractivity contribution in [3.05, 3.63) is 16.9 Å². The Labute approximate surface area is 102 Å². The van der Waals surface area contributed by atoms with E-state index in [0.29, 0.717) is 6.54 Å². The summed E-state index contributed by atoms with van der Waals surface area (Å²) < 4.78 is 38.3. The quantitative estimate of drug-likeness (QED) is 0.906. The summed E-state index contributed by atoms with van der Waals surface area (Å²) in [5, 5.41) is 12.7. The summed E-state index contributed by atoms with van der Waals surface area (Å²) in [7, 11) is 3.57. The highest BCUT2D eigenvalue weighted by atomic mass is 35.5. The van der Waals surface area contributed by atoms with Gasteiger partial charge in [0, 0.05) is 6.54 Å². The Balaban J connectivity index is 2.94. The Bertz CT molecular complexity index is 378. The number of hydrogen-bond acceptors (Lipinski definition) is 3. The summed E-state index contributed by atoms with van der Waals surface area (Å²) in [6, 6.07) is 0. The lowest BCUT2D eigenvalue weighted by atomic mass is 10.2. The first-order valence-corrected chi connectivity index (χ1v) is 5.22. The molecular weight excluding hydrogens is 259 g/mol. The highest BCUT2D eigenvalue weighted by Gasteiger charge is 2.42. The maximum absolute atomic E-state index is 12.4. The average Bonchev–Trinajstić information content (AvgIpc) is 2.54. The van der Waals surface area contributed by atoms with Gasteiger partial charge >= 0.3 is 6.18 Å². The van der Waals surface area contributed by atoms with E-state index in [1.54, 1.807) is 19.0 Å². The number of hydrogen-bond donors (Lipinski definition) is 1.